The fourth-order valence-corrected chi connectivity index (χ4v) is 1.89. The normalized spacial score (nSPS) is 19.6. The molecule has 78 valence electrons. The van der Waals surface area contributed by atoms with Crippen LogP contribution in [0.4, 0.5) is 0 Å². The van der Waals surface area contributed by atoms with Gasteiger partial charge >= 0.3 is 0 Å². The van der Waals surface area contributed by atoms with Gasteiger partial charge in [-0.2, -0.15) is 0 Å². The number of piperidine rings is 1. The van der Waals surface area contributed by atoms with Crippen molar-refractivity contribution in [2.45, 2.75) is 38.6 Å². The number of carbonyl (C=O) groups is 2. The molecular formula is C9H14N2O2S. The number of nitrogens with zero attached hydrogens (tertiary/aromatic N) is 1. The van der Waals surface area contributed by atoms with Gasteiger partial charge in [-0.15, -0.1) is 0 Å². The molecule has 1 atom stereocenters. The van der Waals surface area contributed by atoms with Crippen molar-refractivity contribution in [3.63, 3.8) is 0 Å². The molecule has 0 bridgehead atoms. The summed E-state index contributed by atoms with van der Waals surface area (Å²) in [6.45, 7) is 1.79. The number of carbonyl (C=O) groups excluding carboxylic acids is 2. The highest BCUT2D eigenvalue weighted by Crippen LogP contribution is 2.16. The van der Waals surface area contributed by atoms with Crippen molar-refractivity contribution in [2.24, 2.45) is 5.73 Å². The molecule has 0 aliphatic carbocycles. The molecule has 4 nitrogen and oxygen atoms in total. The van der Waals surface area contributed by atoms with E-state index in [1.807, 2.05) is 0 Å². The monoisotopic (exact) mass is 214 g/mol. The molecule has 1 aliphatic heterocycles. The Balaban J connectivity index is 2.67. The van der Waals surface area contributed by atoms with Crippen LogP contribution in [0.1, 0.15) is 32.6 Å². The Morgan fingerprint density at radius 2 is 2.00 bits per heavy atom. The predicted octanol–water partition coefficient (Wildman–Crippen LogP) is 0.590. The first kappa shape index (κ1) is 11.1. The Morgan fingerprint density at radius 1 is 1.50 bits per heavy atom. The Kier molecular flexibility index (Phi) is 3.57. The van der Waals surface area contributed by atoms with Gasteiger partial charge in [0.1, 0.15) is 0 Å². The van der Waals surface area contributed by atoms with Crippen LogP contribution in [0.5, 0.6) is 0 Å². The SMILES string of the molecule is CC(CC(N)=S)N1C(=O)CCCC1=O. The predicted molar refractivity (Wildman–Crippen MR) is 56.6 cm³/mol. The van der Waals surface area contributed by atoms with Gasteiger partial charge < -0.3 is 5.73 Å². The van der Waals surface area contributed by atoms with Crippen LogP contribution in [0, 0.1) is 0 Å². The third kappa shape index (κ3) is 2.51. The van der Waals surface area contributed by atoms with Crippen LogP contribution in [0.25, 0.3) is 0 Å². The number of thiocarbonyl (C=S) groups is 1. The van der Waals surface area contributed by atoms with Crippen molar-refractivity contribution in [3.05, 3.63) is 0 Å². The van der Waals surface area contributed by atoms with Crippen LogP contribution < -0.4 is 5.73 Å². The number of hydrogen-bond acceptors (Lipinski definition) is 3. The zero-order chi connectivity index (χ0) is 10.7. The van der Waals surface area contributed by atoms with Crippen LogP contribution in [0.2, 0.25) is 0 Å². The van der Waals surface area contributed by atoms with Crippen LogP contribution in [0.15, 0.2) is 0 Å². The molecule has 1 fully saturated rings. The van der Waals surface area contributed by atoms with E-state index in [-0.39, 0.29) is 17.9 Å². The molecule has 14 heavy (non-hydrogen) atoms. The summed E-state index contributed by atoms with van der Waals surface area (Å²) in [6, 6.07) is -0.201. The molecule has 0 aromatic carbocycles. The quantitative estimate of drug-likeness (QED) is 0.551. The van der Waals surface area contributed by atoms with Crippen molar-refractivity contribution in [1.29, 1.82) is 0 Å². The Morgan fingerprint density at radius 3 is 2.43 bits per heavy atom. The molecule has 0 spiro atoms. The molecule has 5 heteroatoms. The van der Waals surface area contributed by atoms with Crippen molar-refractivity contribution in [2.75, 3.05) is 0 Å². The maximum Gasteiger partial charge on any atom is 0.229 e. The van der Waals surface area contributed by atoms with Crippen LogP contribution in [-0.2, 0) is 9.59 Å². The second-order valence-corrected chi connectivity index (χ2v) is 4.05. The molecule has 2 amide bonds. The lowest BCUT2D eigenvalue weighted by Crippen LogP contribution is -2.46. The molecule has 0 aromatic rings. The van der Waals surface area contributed by atoms with Crippen LogP contribution in [0.3, 0.4) is 0 Å². The number of amides is 2. The lowest BCUT2D eigenvalue weighted by atomic mass is 10.1. The van der Waals surface area contributed by atoms with Crippen molar-refractivity contribution >= 4 is 29.0 Å². The fraction of sp³-hybridized carbons (Fsp3) is 0.667. The first-order valence-electron chi connectivity index (χ1n) is 4.65. The molecule has 0 aromatic heterocycles. The smallest absolute Gasteiger partial charge is 0.229 e. The minimum atomic E-state index is -0.201. The second-order valence-electron chi connectivity index (χ2n) is 3.53. The largest absolute Gasteiger partial charge is 0.393 e. The van der Waals surface area contributed by atoms with Gasteiger partial charge in [-0.05, 0) is 13.3 Å². The minimum Gasteiger partial charge on any atom is -0.393 e. The zero-order valence-corrected chi connectivity index (χ0v) is 8.97. The molecule has 0 radical (unpaired) electrons. The lowest BCUT2D eigenvalue weighted by molar-refractivity contribution is -0.150. The number of likely N-dealkylation sites (tertiary alicyclic amines) is 1. The maximum absolute atomic E-state index is 11.4. The van der Waals surface area contributed by atoms with E-state index in [4.69, 9.17) is 18.0 Å². The van der Waals surface area contributed by atoms with Gasteiger partial charge in [0.2, 0.25) is 11.8 Å². The highest BCUT2D eigenvalue weighted by atomic mass is 32.1. The van der Waals surface area contributed by atoms with E-state index in [1.165, 1.54) is 4.90 Å². The van der Waals surface area contributed by atoms with E-state index in [0.717, 1.165) is 0 Å². The summed E-state index contributed by atoms with van der Waals surface area (Å²) in [7, 11) is 0. The number of rotatable bonds is 3. The third-order valence-corrected chi connectivity index (χ3v) is 2.42. The highest BCUT2D eigenvalue weighted by molar-refractivity contribution is 7.80. The molecule has 1 heterocycles. The molecule has 1 aliphatic rings. The molecule has 1 unspecified atom stereocenters. The van der Waals surface area contributed by atoms with Gasteiger partial charge in [0.25, 0.3) is 0 Å². The van der Waals surface area contributed by atoms with Gasteiger partial charge in [0.15, 0.2) is 0 Å². The third-order valence-electron chi connectivity index (χ3n) is 2.26. The van der Waals surface area contributed by atoms with E-state index < -0.39 is 0 Å². The summed E-state index contributed by atoms with van der Waals surface area (Å²) < 4.78 is 0. The van der Waals surface area contributed by atoms with Gasteiger partial charge in [0, 0.05) is 25.3 Å². The fourth-order valence-electron chi connectivity index (χ4n) is 1.64. The topological polar surface area (TPSA) is 63.4 Å². The molecule has 2 N–H and O–H groups in total. The zero-order valence-electron chi connectivity index (χ0n) is 8.16. The lowest BCUT2D eigenvalue weighted by Gasteiger charge is -2.30. The van der Waals surface area contributed by atoms with E-state index in [0.29, 0.717) is 30.7 Å². The average Bonchev–Trinajstić information content (AvgIpc) is 2.01. The van der Waals surface area contributed by atoms with E-state index in [1.54, 1.807) is 6.92 Å². The van der Waals surface area contributed by atoms with Crippen molar-refractivity contribution < 1.29 is 9.59 Å². The van der Waals surface area contributed by atoms with Gasteiger partial charge in [-0.25, -0.2) is 0 Å². The molecule has 1 saturated heterocycles. The Hall–Kier alpha value is -0.970. The summed E-state index contributed by atoms with van der Waals surface area (Å²) in [6.07, 6.45) is 1.97. The highest BCUT2D eigenvalue weighted by Gasteiger charge is 2.29. The minimum absolute atomic E-state index is 0.106. The standard InChI is InChI=1S/C9H14N2O2S/c1-6(5-7(10)14)11-8(12)3-2-4-9(11)13/h6H,2-5H2,1H3,(H2,10,14). The van der Waals surface area contributed by atoms with Crippen LogP contribution in [-0.4, -0.2) is 27.7 Å². The van der Waals surface area contributed by atoms with E-state index in [2.05, 4.69) is 0 Å². The summed E-state index contributed by atoms with van der Waals surface area (Å²) in [4.78, 5) is 24.5. The molecule has 1 rings (SSSR count). The number of imide groups is 1. The summed E-state index contributed by atoms with van der Waals surface area (Å²) in [5.74, 6) is -0.213. The molecule has 0 saturated carbocycles. The van der Waals surface area contributed by atoms with Crippen molar-refractivity contribution in [3.8, 4) is 0 Å². The van der Waals surface area contributed by atoms with Gasteiger partial charge in [0.05, 0.1) is 4.99 Å². The summed E-state index contributed by atoms with van der Waals surface area (Å²) >= 11 is 4.75. The van der Waals surface area contributed by atoms with Crippen LogP contribution >= 0.6 is 12.2 Å². The Labute approximate surface area is 88.4 Å². The summed E-state index contributed by atoms with van der Waals surface area (Å²) in [5, 5.41) is 0. The Bertz CT molecular complexity index is 262. The maximum atomic E-state index is 11.4. The van der Waals surface area contributed by atoms with Gasteiger partial charge in [-0.1, -0.05) is 12.2 Å². The van der Waals surface area contributed by atoms with E-state index in [9.17, 15) is 9.59 Å². The molecular weight excluding hydrogens is 200 g/mol. The summed E-state index contributed by atoms with van der Waals surface area (Å²) in [5.41, 5.74) is 5.37. The van der Waals surface area contributed by atoms with E-state index >= 15 is 0 Å². The van der Waals surface area contributed by atoms with Crippen molar-refractivity contribution in [1.82, 2.24) is 4.90 Å². The van der Waals surface area contributed by atoms with Gasteiger partial charge in [-0.3, -0.25) is 14.5 Å². The second kappa shape index (κ2) is 4.50. The average molecular weight is 214 g/mol. The first-order chi connectivity index (χ1) is 6.52. The number of hydrogen-bond donors (Lipinski definition) is 1. The first-order valence-corrected chi connectivity index (χ1v) is 5.06. The number of nitrogens with two attached hydrogens (primary N) is 1.